The first kappa shape index (κ1) is 20.2. The van der Waals surface area contributed by atoms with Gasteiger partial charge in [0.25, 0.3) is 0 Å². The second-order valence-corrected chi connectivity index (χ2v) is 9.16. The van der Waals surface area contributed by atoms with Crippen molar-refractivity contribution in [2.45, 2.75) is 48.0 Å². The van der Waals surface area contributed by atoms with Crippen LogP contribution in [0.3, 0.4) is 0 Å². The maximum Gasteiger partial charge on any atom is 0.233 e. The zero-order valence-electron chi connectivity index (χ0n) is 13.9. The first-order valence-corrected chi connectivity index (χ1v) is 10.3. The normalized spacial score (nSPS) is 12.2. The molecular weight excluding hydrogens is 352 g/mol. The Morgan fingerprint density at radius 2 is 1.87 bits per heavy atom. The van der Waals surface area contributed by atoms with E-state index >= 15 is 0 Å². The molecule has 2 N–H and O–H groups in total. The van der Waals surface area contributed by atoms with Gasteiger partial charge >= 0.3 is 0 Å². The van der Waals surface area contributed by atoms with Crippen LogP contribution < -0.4 is 10.6 Å². The fourth-order valence-electron chi connectivity index (χ4n) is 1.40. The molecule has 0 bridgehead atoms. The third-order valence-electron chi connectivity index (χ3n) is 2.62. The minimum Gasteiger partial charge on any atom is -0.355 e. The second-order valence-electron chi connectivity index (χ2n) is 5.37. The summed E-state index contributed by atoms with van der Waals surface area (Å²) < 4.78 is 1.49. The van der Waals surface area contributed by atoms with Gasteiger partial charge in [0, 0.05) is 13.1 Å². The molecule has 0 saturated heterocycles. The molecule has 6 nitrogen and oxygen atoms in total. The van der Waals surface area contributed by atoms with Crippen molar-refractivity contribution in [1.82, 2.24) is 20.8 Å². The summed E-state index contributed by atoms with van der Waals surface area (Å²) in [7, 11) is 0. The first-order valence-electron chi connectivity index (χ1n) is 7.59. The van der Waals surface area contributed by atoms with Crippen molar-refractivity contribution in [2.75, 3.05) is 18.8 Å². The Balaban J connectivity index is 2.38. The Bertz CT molecular complexity index is 508. The van der Waals surface area contributed by atoms with Crippen molar-refractivity contribution in [3.63, 3.8) is 0 Å². The van der Waals surface area contributed by atoms with Crippen LogP contribution >= 0.6 is 34.9 Å². The second kappa shape index (κ2) is 10.9. The summed E-state index contributed by atoms with van der Waals surface area (Å²) in [6.07, 6.45) is 0.923. The lowest BCUT2D eigenvalue weighted by molar-refractivity contribution is -0.120. The monoisotopic (exact) mass is 376 g/mol. The molecule has 2 amide bonds. The van der Waals surface area contributed by atoms with Crippen LogP contribution in [0.1, 0.15) is 34.1 Å². The molecule has 0 aliphatic heterocycles. The molecule has 1 atom stereocenters. The zero-order chi connectivity index (χ0) is 17.2. The van der Waals surface area contributed by atoms with E-state index in [0.717, 1.165) is 15.1 Å². The van der Waals surface area contributed by atoms with E-state index in [4.69, 9.17) is 0 Å². The zero-order valence-corrected chi connectivity index (χ0v) is 16.4. The third kappa shape index (κ3) is 8.57. The van der Waals surface area contributed by atoms with E-state index in [2.05, 4.69) is 34.7 Å². The van der Waals surface area contributed by atoms with Crippen LogP contribution in [0.25, 0.3) is 0 Å². The van der Waals surface area contributed by atoms with Gasteiger partial charge in [-0.05, 0) is 19.3 Å². The lowest BCUT2D eigenvalue weighted by atomic mass is 10.2. The summed E-state index contributed by atoms with van der Waals surface area (Å²) in [6.45, 7) is 9.35. The molecule has 23 heavy (non-hydrogen) atoms. The van der Waals surface area contributed by atoms with Crippen LogP contribution in [0.15, 0.2) is 8.68 Å². The van der Waals surface area contributed by atoms with Crippen molar-refractivity contribution in [3.8, 4) is 0 Å². The lowest BCUT2D eigenvalue weighted by Gasteiger charge is -2.11. The fraction of sp³-hybridized carbons (Fsp3) is 0.714. The van der Waals surface area contributed by atoms with E-state index in [9.17, 15) is 9.59 Å². The molecule has 1 rings (SSSR count). The van der Waals surface area contributed by atoms with Gasteiger partial charge in [-0.3, -0.25) is 9.59 Å². The predicted molar refractivity (Wildman–Crippen MR) is 97.1 cm³/mol. The highest BCUT2D eigenvalue weighted by Crippen LogP contribution is 2.31. The number of hydrogen-bond donors (Lipinski definition) is 2. The fourth-order valence-corrected chi connectivity index (χ4v) is 4.42. The van der Waals surface area contributed by atoms with E-state index in [1.807, 2.05) is 13.8 Å². The maximum atomic E-state index is 11.9. The molecule has 1 aromatic rings. The van der Waals surface area contributed by atoms with Crippen LogP contribution in [0.2, 0.25) is 0 Å². The number of aromatic nitrogens is 2. The third-order valence-corrected chi connectivity index (χ3v) is 5.86. The van der Waals surface area contributed by atoms with Gasteiger partial charge in [0.1, 0.15) is 0 Å². The summed E-state index contributed by atoms with van der Waals surface area (Å²) in [5.41, 5.74) is 0. The van der Waals surface area contributed by atoms with E-state index in [0.29, 0.717) is 24.8 Å². The van der Waals surface area contributed by atoms with Crippen LogP contribution in [-0.4, -0.2) is 46.1 Å². The summed E-state index contributed by atoms with van der Waals surface area (Å²) in [4.78, 5) is 23.5. The number of nitrogens with zero attached hydrogens (tertiary/aromatic N) is 2. The van der Waals surface area contributed by atoms with Crippen molar-refractivity contribution in [2.24, 2.45) is 5.92 Å². The number of rotatable bonds is 10. The molecule has 0 aliphatic carbocycles. The maximum absolute atomic E-state index is 11.9. The van der Waals surface area contributed by atoms with Gasteiger partial charge in [-0.15, -0.1) is 10.2 Å². The molecular formula is C14H24N4O2S3. The van der Waals surface area contributed by atoms with Gasteiger partial charge in [0.2, 0.25) is 11.8 Å². The summed E-state index contributed by atoms with van der Waals surface area (Å²) in [5.74, 6) is 0.776. The Morgan fingerprint density at radius 1 is 1.17 bits per heavy atom. The number of carbonyl (C=O) groups excluding carboxylic acids is 2. The molecule has 0 aliphatic rings. The van der Waals surface area contributed by atoms with Crippen molar-refractivity contribution < 1.29 is 9.59 Å². The lowest BCUT2D eigenvalue weighted by Crippen LogP contribution is -2.33. The summed E-state index contributed by atoms with van der Waals surface area (Å²) in [5, 5.41) is 13.6. The molecule has 1 heterocycles. The number of nitrogens with one attached hydrogen (secondary N) is 2. The highest BCUT2D eigenvalue weighted by molar-refractivity contribution is 8.04. The minimum absolute atomic E-state index is 0.00249. The number of carbonyl (C=O) groups is 2. The molecule has 0 aromatic carbocycles. The van der Waals surface area contributed by atoms with Gasteiger partial charge < -0.3 is 10.6 Å². The first-order chi connectivity index (χ1) is 10.9. The van der Waals surface area contributed by atoms with Gasteiger partial charge in [0.05, 0.1) is 11.0 Å². The Labute approximate surface area is 150 Å². The topological polar surface area (TPSA) is 84.0 Å². The number of thioether (sulfide) groups is 2. The molecule has 1 aromatic heterocycles. The number of hydrogen-bond acceptors (Lipinski definition) is 7. The van der Waals surface area contributed by atoms with E-state index in [1.165, 1.54) is 34.9 Å². The molecule has 130 valence electrons. The summed E-state index contributed by atoms with van der Waals surface area (Å²) in [6, 6.07) is 0. The molecule has 9 heteroatoms. The largest absolute Gasteiger partial charge is 0.355 e. The van der Waals surface area contributed by atoms with Crippen LogP contribution in [0, 0.1) is 5.92 Å². The van der Waals surface area contributed by atoms with Crippen LogP contribution in [0.5, 0.6) is 0 Å². The SMILES string of the molecule is CCCNC(=O)CSc1nnc(S[C@@H](C)C(=O)NCC(C)C)s1. The minimum atomic E-state index is -0.215. The smallest absolute Gasteiger partial charge is 0.233 e. The van der Waals surface area contributed by atoms with Gasteiger partial charge in [-0.2, -0.15) is 0 Å². The molecule has 0 unspecified atom stereocenters. The van der Waals surface area contributed by atoms with Crippen LogP contribution in [0.4, 0.5) is 0 Å². The van der Waals surface area contributed by atoms with Crippen LogP contribution in [-0.2, 0) is 9.59 Å². The van der Waals surface area contributed by atoms with Gasteiger partial charge in [-0.25, -0.2) is 0 Å². The van der Waals surface area contributed by atoms with Crippen molar-refractivity contribution in [3.05, 3.63) is 0 Å². The average molecular weight is 377 g/mol. The Kier molecular flexibility index (Phi) is 9.57. The van der Waals surface area contributed by atoms with E-state index in [-0.39, 0.29) is 17.1 Å². The Morgan fingerprint density at radius 3 is 2.52 bits per heavy atom. The Hall–Kier alpha value is -0.800. The molecule has 0 fully saturated rings. The van der Waals surface area contributed by atoms with Gasteiger partial charge in [-0.1, -0.05) is 55.6 Å². The molecule has 0 spiro atoms. The van der Waals surface area contributed by atoms with E-state index in [1.54, 1.807) is 0 Å². The van der Waals surface area contributed by atoms with E-state index < -0.39 is 0 Å². The highest BCUT2D eigenvalue weighted by Gasteiger charge is 2.17. The van der Waals surface area contributed by atoms with Crippen molar-refractivity contribution in [1.29, 1.82) is 0 Å². The van der Waals surface area contributed by atoms with Gasteiger partial charge in [0.15, 0.2) is 8.68 Å². The predicted octanol–water partition coefficient (Wildman–Crippen LogP) is 2.41. The highest BCUT2D eigenvalue weighted by atomic mass is 32.2. The summed E-state index contributed by atoms with van der Waals surface area (Å²) >= 11 is 4.17. The standard InChI is InChI=1S/C14H24N4O2S3/c1-5-6-15-11(19)8-21-13-17-18-14(23-13)22-10(4)12(20)16-7-9(2)3/h9-10H,5-8H2,1-4H3,(H,15,19)(H,16,20)/t10-/m0/s1. The molecule has 0 radical (unpaired) electrons. The van der Waals surface area contributed by atoms with Crippen molar-refractivity contribution >= 4 is 46.7 Å². The molecule has 0 saturated carbocycles. The average Bonchev–Trinajstić information content (AvgIpc) is 2.95. The quantitative estimate of drug-likeness (QED) is 0.610. The number of amides is 2.